The van der Waals surface area contributed by atoms with Crippen molar-refractivity contribution in [2.45, 2.75) is 0 Å². The van der Waals surface area contributed by atoms with Gasteiger partial charge in [-0.3, -0.25) is 0 Å². The molecule has 0 aliphatic carbocycles. The van der Waals surface area contributed by atoms with Crippen LogP contribution in [0.2, 0.25) is 0 Å². The number of hydrogen-bond donors (Lipinski definition) is 2. The molecule has 0 rings (SSSR count). The van der Waals surface area contributed by atoms with Crippen LogP contribution in [0.15, 0.2) is 0 Å². The average molecular weight is 167 g/mol. The van der Waals surface area contributed by atoms with Crippen molar-refractivity contribution in [3.05, 3.63) is 0 Å². The third-order valence-electron chi connectivity index (χ3n) is 0.628. The van der Waals surface area contributed by atoms with Gasteiger partial charge in [-0.15, -0.1) is 11.6 Å². The average Bonchev–Trinajstić information content (AvgIpc) is 1.88. The van der Waals surface area contributed by atoms with Crippen LogP contribution in [0.3, 0.4) is 0 Å². The van der Waals surface area contributed by atoms with Crippen LogP contribution in [0.5, 0.6) is 0 Å². The number of urea groups is 1. The molecule has 10 heavy (non-hydrogen) atoms. The molecule has 0 aliphatic rings. The summed E-state index contributed by atoms with van der Waals surface area (Å²) >= 11 is 5.10. The minimum Gasteiger partial charge on any atom is -0.453 e. The third-order valence-corrected chi connectivity index (χ3v) is 0.762. The van der Waals surface area contributed by atoms with Crippen LogP contribution in [0, 0.1) is 0 Å². The normalized spacial score (nSPS) is 8.20. The van der Waals surface area contributed by atoms with Gasteiger partial charge in [0.15, 0.2) is 0 Å². The Balaban J connectivity index is 3.47. The second-order valence-corrected chi connectivity index (χ2v) is 1.52. The van der Waals surface area contributed by atoms with E-state index in [0.717, 1.165) is 7.11 Å². The number of ether oxygens (including phenoxy) is 1. The van der Waals surface area contributed by atoms with Gasteiger partial charge in [-0.25, -0.2) is 14.9 Å². The monoisotopic (exact) mass is 166 g/mol. The van der Waals surface area contributed by atoms with Crippen LogP contribution in [0.1, 0.15) is 0 Å². The summed E-state index contributed by atoms with van der Waals surface area (Å²) in [5.74, 6) is 0. The number of nitrogens with one attached hydrogen (secondary N) is 2. The highest BCUT2D eigenvalue weighted by atomic mass is 35.5. The lowest BCUT2D eigenvalue weighted by atomic mass is 10.9. The van der Waals surface area contributed by atoms with Crippen molar-refractivity contribution >= 4 is 23.7 Å². The van der Waals surface area contributed by atoms with E-state index < -0.39 is 12.1 Å². The number of rotatable bonds is 1. The first-order chi connectivity index (χ1) is 4.70. The van der Waals surface area contributed by atoms with E-state index in [1.807, 2.05) is 5.32 Å². The Labute approximate surface area is 62.7 Å². The fourth-order valence-corrected chi connectivity index (χ4v) is 0.370. The first-order valence-electron chi connectivity index (χ1n) is 2.39. The molecular formula is C4H7ClN2O3. The summed E-state index contributed by atoms with van der Waals surface area (Å²) < 4.78 is 4.11. The molecule has 0 bridgehead atoms. The summed E-state index contributed by atoms with van der Waals surface area (Å²) in [5, 5.41) is 3.96. The van der Waals surface area contributed by atoms with E-state index in [2.05, 4.69) is 10.1 Å². The molecule has 0 unspecified atom stereocenters. The number of alkyl carbamates (subject to hydrolysis) is 1. The highest BCUT2D eigenvalue weighted by molar-refractivity contribution is 6.18. The molecule has 0 saturated heterocycles. The molecule has 0 fully saturated rings. The van der Waals surface area contributed by atoms with E-state index in [9.17, 15) is 9.59 Å². The second-order valence-electron chi connectivity index (χ2n) is 1.26. The maximum absolute atomic E-state index is 10.4. The summed E-state index contributed by atoms with van der Waals surface area (Å²) in [6.07, 6.45) is -0.817. The maximum Gasteiger partial charge on any atom is 0.415 e. The molecule has 58 valence electrons. The van der Waals surface area contributed by atoms with Gasteiger partial charge in [0.05, 0.1) is 13.1 Å². The van der Waals surface area contributed by atoms with Crippen molar-refractivity contribution in [1.29, 1.82) is 0 Å². The van der Waals surface area contributed by atoms with Crippen LogP contribution in [0.4, 0.5) is 9.59 Å². The molecule has 0 aliphatic heterocycles. The van der Waals surface area contributed by atoms with Crippen LogP contribution >= 0.6 is 11.6 Å². The largest absolute Gasteiger partial charge is 0.453 e. The Bertz CT molecular complexity index is 138. The molecule has 0 atom stereocenters. The van der Waals surface area contributed by atoms with Gasteiger partial charge in [0.25, 0.3) is 0 Å². The first-order valence-corrected chi connectivity index (χ1v) is 2.93. The van der Waals surface area contributed by atoms with Crippen LogP contribution in [0.25, 0.3) is 0 Å². The summed E-state index contributed by atoms with van der Waals surface area (Å²) in [4.78, 5) is 20.7. The fourth-order valence-electron chi connectivity index (χ4n) is 0.249. The number of carbonyl (C=O) groups is 2. The number of hydrogen-bond acceptors (Lipinski definition) is 3. The Hall–Kier alpha value is -0.970. The van der Waals surface area contributed by atoms with Crippen molar-refractivity contribution in [3.63, 3.8) is 0 Å². The number of carbonyl (C=O) groups excluding carboxylic acids is 2. The summed E-state index contributed by atoms with van der Waals surface area (Å²) in [6.45, 7) is 0. The lowest BCUT2D eigenvalue weighted by Gasteiger charge is -2.00. The topological polar surface area (TPSA) is 67.4 Å². The number of amides is 3. The number of imide groups is 1. The molecular weight excluding hydrogens is 160 g/mol. The lowest BCUT2D eigenvalue weighted by molar-refractivity contribution is 0.170. The Morgan fingerprint density at radius 1 is 1.60 bits per heavy atom. The molecule has 0 heterocycles. The van der Waals surface area contributed by atoms with Crippen molar-refractivity contribution in [2.75, 3.05) is 13.1 Å². The molecule has 0 aromatic carbocycles. The van der Waals surface area contributed by atoms with Gasteiger partial charge in [0.1, 0.15) is 0 Å². The molecule has 5 nitrogen and oxygen atoms in total. The maximum atomic E-state index is 10.4. The summed E-state index contributed by atoms with van der Waals surface area (Å²) in [5.41, 5.74) is 0. The van der Waals surface area contributed by atoms with E-state index >= 15 is 0 Å². The lowest BCUT2D eigenvalue weighted by Crippen LogP contribution is -2.38. The van der Waals surface area contributed by atoms with E-state index in [1.54, 1.807) is 0 Å². The minimum atomic E-state index is -0.817. The van der Waals surface area contributed by atoms with Crippen LogP contribution in [-0.2, 0) is 4.74 Å². The number of methoxy groups -OCH3 is 1. The smallest absolute Gasteiger partial charge is 0.415 e. The van der Waals surface area contributed by atoms with Gasteiger partial charge in [-0.1, -0.05) is 0 Å². The Morgan fingerprint density at radius 3 is 2.60 bits per heavy atom. The number of alkyl halides is 1. The Kier molecular flexibility index (Phi) is 4.39. The molecule has 6 heteroatoms. The second kappa shape index (κ2) is 4.87. The zero-order valence-corrected chi connectivity index (χ0v) is 6.07. The highest BCUT2D eigenvalue weighted by Gasteiger charge is 2.03. The van der Waals surface area contributed by atoms with E-state index in [-0.39, 0.29) is 6.00 Å². The van der Waals surface area contributed by atoms with Gasteiger partial charge in [0, 0.05) is 0 Å². The van der Waals surface area contributed by atoms with E-state index in [4.69, 9.17) is 11.6 Å². The Morgan fingerprint density at radius 2 is 2.20 bits per heavy atom. The standard InChI is InChI=1S/C4H7ClN2O3/c1-10-4(9)7-3(8)6-2-5/h2H2,1H3,(H2,6,7,8,9). The summed E-state index contributed by atoms with van der Waals surface area (Å²) in [7, 11) is 1.16. The fraction of sp³-hybridized carbons (Fsp3) is 0.500. The molecule has 0 aromatic rings. The van der Waals surface area contributed by atoms with Gasteiger partial charge < -0.3 is 10.1 Å². The van der Waals surface area contributed by atoms with Crippen molar-refractivity contribution in [2.24, 2.45) is 0 Å². The molecule has 2 N–H and O–H groups in total. The third kappa shape index (κ3) is 3.96. The first kappa shape index (κ1) is 9.03. The van der Waals surface area contributed by atoms with Gasteiger partial charge in [-0.05, 0) is 0 Å². The highest BCUT2D eigenvalue weighted by Crippen LogP contribution is 1.72. The van der Waals surface area contributed by atoms with E-state index in [0.29, 0.717) is 0 Å². The van der Waals surface area contributed by atoms with Gasteiger partial charge in [0.2, 0.25) is 0 Å². The SMILES string of the molecule is COC(=O)NC(=O)NCCl. The van der Waals surface area contributed by atoms with E-state index in [1.165, 1.54) is 0 Å². The van der Waals surface area contributed by atoms with Gasteiger partial charge >= 0.3 is 12.1 Å². The minimum absolute atomic E-state index is 0.0528. The van der Waals surface area contributed by atoms with Crippen LogP contribution in [-0.4, -0.2) is 25.2 Å². The predicted molar refractivity (Wildman–Crippen MR) is 34.8 cm³/mol. The summed E-state index contributed by atoms with van der Waals surface area (Å²) in [6, 6.07) is -0.732. The molecule has 0 saturated carbocycles. The molecule has 0 spiro atoms. The van der Waals surface area contributed by atoms with Gasteiger partial charge in [-0.2, -0.15) is 0 Å². The predicted octanol–water partition coefficient (Wildman–Crippen LogP) is 0.248. The number of halogens is 1. The van der Waals surface area contributed by atoms with Crippen molar-refractivity contribution < 1.29 is 14.3 Å². The van der Waals surface area contributed by atoms with Crippen molar-refractivity contribution in [1.82, 2.24) is 10.6 Å². The molecule has 3 amide bonds. The molecule has 0 radical (unpaired) electrons. The zero-order chi connectivity index (χ0) is 7.98. The zero-order valence-electron chi connectivity index (χ0n) is 5.31. The quantitative estimate of drug-likeness (QED) is 0.434. The molecule has 0 aromatic heterocycles. The van der Waals surface area contributed by atoms with Crippen LogP contribution < -0.4 is 10.6 Å². The van der Waals surface area contributed by atoms with Crippen molar-refractivity contribution in [3.8, 4) is 0 Å².